The van der Waals surface area contributed by atoms with Gasteiger partial charge in [-0.2, -0.15) is 13.2 Å². The first kappa shape index (κ1) is 12.3. The van der Waals surface area contributed by atoms with Crippen LogP contribution in [0.3, 0.4) is 0 Å². The molecule has 0 aliphatic heterocycles. The van der Waals surface area contributed by atoms with Gasteiger partial charge in [-0.15, -0.1) is 12.4 Å². The Morgan fingerprint density at radius 2 is 1.85 bits per heavy atom. The molecular weight excluding hydrogens is 228 g/mol. The van der Waals surface area contributed by atoms with Crippen LogP contribution in [0.1, 0.15) is 5.56 Å². The smallest absolute Gasteiger partial charge is 0.384 e. The zero-order valence-corrected chi connectivity index (χ0v) is 7.67. The third-order valence-corrected chi connectivity index (χ3v) is 1.33. The van der Waals surface area contributed by atoms with Crippen molar-refractivity contribution in [2.75, 3.05) is 5.73 Å². The van der Waals surface area contributed by atoms with Crippen LogP contribution < -0.4 is 5.73 Å². The van der Waals surface area contributed by atoms with Crippen LogP contribution in [0.2, 0.25) is 5.15 Å². The lowest BCUT2D eigenvalue weighted by Gasteiger charge is -2.06. The van der Waals surface area contributed by atoms with Crippen molar-refractivity contribution in [3.63, 3.8) is 0 Å². The van der Waals surface area contributed by atoms with Crippen molar-refractivity contribution in [2.24, 2.45) is 0 Å². The summed E-state index contributed by atoms with van der Waals surface area (Å²) >= 11 is 5.27. The lowest BCUT2D eigenvalue weighted by molar-refractivity contribution is -0.137. The topological polar surface area (TPSA) is 38.9 Å². The van der Waals surface area contributed by atoms with Gasteiger partial charge < -0.3 is 5.73 Å². The van der Waals surface area contributed by atoms with Gasteiger partial charge in [-0.05, 0) is 12.1 Å². The third kappa shape index (κ3) is 3.28. The summed E-state index contributed by atoms with van der Waals surface area (Å²) in [5, 5.41) is -0.262. The highest BCUT2D eigenvalue weighted by atomic mass is 35.5. The number of pyridine rings is 1. The van der Waals surface area contributed by atoms with E-state index < -0.39 is 11.7 Å². The Hall–Kier alpha value is -0.680. The molecule has 7 heteroatoms. The van der Waals surface area contributed by atoms with Crippen molar-refractivity contribution in [3.8, 4) is 0 Å². The van der Waals surface area contributed by atoms with Gasteiger partial charge in [-0.3, -0.25) is 0 Å². The van der Waals surface area contributed by atoms with Crippen molar-refractivity contribution in [1.82, 2.24) is 4.98 Å². The third-order valence-electron chi connectivity index (χ3n) is 1.14. The largest absolute Gasteiger partial charge is 0.416 e. The maximum atomic E-state index is 12.0. The first-order chi connectivity index (χ1) is 5.39. The Morgan fingerprint density at radius 3 is 2.23 bits per heavy atom. The lowest BCUT2D eigenvalue weighted by atomic mass is 10.2. The molecule has 1 heterocycles. The molecule has 1 aromatic rings. The van der Waals surface area contributed by atoms with Crippen LogP contribution in [0.25, 0.3) is 0 Å². The summed E-state index contributed by atoms with van der Waals surface area (Å²) in [6, 6.07) is 1.45. The summed E-state index contributed by atoms with van der Waals surface area (Å²) < 4.78 is 36.0. The van der Waals surface area contributed by atoms with Gasteiger partial charge in [0.1, 0.15) is 11.0 Å². The predicted octanol–water partition coefficient (Wildman–Crippen LogP) is 2.76. The lowest BCUT2D eigenvalue weighted by Crippen LogP contribution is -2.06. The first-order valence-corrected chi connectivity index (χ1v) is 3.27. The molecule has 0 radical (unpaired) electrons. The number of halogens is 5. The van der Waals surface area contributed by atoms with E-state index in [4.69, 9.17) is 17.3 Å². The molecule has 13 heavy (non-hydrogen) atoms. The highest BCUT2D eigenvalue weighted by Crippen LogP contribution is 2.31. The molecule has 0 spiro atoms. The fourth-order valence-electron chi connectivity index (χ4n) is 0.681. The first-order valence-electron chi connectivity index (χ1n) is 2.90. The minimum Gasteiger partial charge on any atom is -0.384 e. The molecule has 0 unspecified atom stereocenters. The fraction of sp³-hybridized carbons (Fsp3) is 0.167. The predicted molar refractivity (Wildman–Crippen MR) is 45.9 cm³/mol. The number of nitrogens with zero attached hydrogens (tertiary/aromatic N) is 1. The Kier molecular flexibility index (Phi) is 3.81. The van der Waals surface area contributed by atoms with Crippen molar-refractivity contribution >= 4 is 29.8 Å². The van der Waals surface area contributed by atoms with E-state index in [1.165, 1.54) is 0 Å². The number of hydrogen-bond donors (Lipinski definition) is 1. The van der Waals surface area contributed by atoms with E-state index >= 15 is 0 Å². The van der Waals surface area contributed by atoms with Crippen LogP contribution in [0.15, 0.2) is 12.1 Å². The summed E-state index contributed by atoms with van der Waals surface area (Å²) in [5.74, 6) is -0.241. The Labute approximate surface area is 83.3 Å². The summed E-state index contributed by atoms with van der Waals surface area (Å²) in [5.41, 5.74) is 4.17. The summed E-state index contributed by atoms with van der Waals surface area (Å²) in [7, 11) is 0. The van der Waals surface area contributed by atoms with Gasteiger partial charge in [-0.1, -0.05) is 11.6 Å². The molecule has 1 aromatic heterocycles. The molecule has 0 aliphatic rings. The molecule has 0 amide bonds. The molecule has 2 nitrogen and oxygen atoms in total. The minimum atomic E-state index is -4.43. The van der Waals surface area contributed by atoms with E-state index in [1.807, 2.05) is 0 Å². The summed E-state index contributed by atoms with van der Waals surface area (Å²) in [4.78, 5) is 3.39. The second kappa shape index (κ2) is 4.02. The maximum Gasteiger partial charge on any atom is 0.416 e. The number of nitrogens with two attached hydrogens (primary N) is 1. The van der Waals surface area contributed by atoms with Gasteiger partial charge in [0.15, 0.2) is 0 Å². The average Bonchev–Trinajstić information content (AvgIpc) is 1.82. The van der Waals surface area contributed by atoms with Crippen molar-refractivity contribution in [1.29, 1.82) is 0 Å². The van der Waals surface area contributed by atoms with Crippen LogP contribution in [0, 0.1) is 0 Å². The number of alkyl halides is 3. The molecule has 2 N–H and O–H groups in total. The van der Waals surface area contributed by atoms with Gasteiger partial charge >= 0.3 is 6.18 Å². The van der Waals surface area contributed by atoms with Crippen molar-refractivity contribution in [2.45, 2.75) is 6.18 Å². The number of anilines is 1. The molecule has 0 aliphatic carbocycles. The molecule has 0 saturated carbocycles. The van der Waals surface area contributed by atoms with Gasteiger partial charge in [0.25, 0.3) is 0 Å². The van der Waals surface area contributed by atoms with Crippen molar-refractivity contribution < 1.29 is 13.2 Å². The number of hydrogen-bond acceptors (Lipinski definition) is 2. The average molecular weight is 233 g/mol. The fourth-order valence-corrected chi connectivity index (χ4v) is 0.896. The molecule has 1 rings (SSSR count). The maximum absolute atomic E-state index is 12.0. The van der Waals surface area contributed by atoms with E-state index in [-0.39, 0.29) is 23.4 Å². The number of aromatic nitrogens is 1. The Balaban J connectivity index is 0.00000144. The van der Waals surface area contributed by atoms with Crippen LogP contribution >= 0.6 is 24.0 Å². The minimum absolute atomic E-state index is 0. The van der Waals surface area contributed by atoms with Gasteiger partial charge in [-0.25, -0.2) is 4.98 Å². The number of rotatable bonds is 0. The van der Waals surface area contributed by atoms with Crippen LogP contribution in [-0.4, -0.2) is 4.98 Å². The van der Waals surface area contributed by atoms with Crippen LogP contribution in [0.5, 0.6) is 0 Å². The number of nitrogen functional groups attached to an aromatic ring is 1. The summed E-state index contributed by atoms with van der Waals surface area (Å²) in [6.07, 6.45) is -4.43. The second-order valence-electron chi connectivity index (χ2n) is 2.10. The molecule has 0 fully saturated rings. The zero-order valence-electron chi connectivity index (χ0n) is 6.10. The second-order valence-corrected chi connectivity index (χ2v) is 2.49. The zero-order chi connectivity index (χ0) is 9.35. The quantitative estimate of drug-likeness (QED) is 0.699. The van der Waals surface area contributed by atoms with Gasteiger partial charge in [0, 0.05) is 0 Å². The van der Waals surface area contributed by atoms with Gasteiger partial charge in [0.05, 0.1) is 5.56 Å². The van der Waals surface area contributed by atoms with E-state index in [2.05, 4.69) is 4.98 Å². The molecule has 0 aromatic carbocycles. The van der Waals surface area contributed by atoms with Crippen LogP contribution in [0.4, 0.5) is 19.0 Å². The van der Waals surface area contributed by atoms with Crippen LogP contribution in [-0.2, 0) is 6.18 Å². The Bertz CT molecular complexity index is 280. The molecule has 74 valence electrons. The molecular formula is C6H5Cl2F3N2. The highest BCUT2D eigenvalue weighted by Gasteiger charge is 2.31. The van der Waals surface area contributed by atoms with Crippen molar-refractivity contribution in [3.05, 3.63) is 22.8 Å². The molecule has 0 saturated heterocycles. The standard InChI is InChI=1S/C6H4ClF3N2.ClH/c7-4-1-3(6(8,9)10)2-5(11)12-4;/h1-2H,(H2,11,12);1H. The van der Waals surface area contributed by atoms with E-state index in [0.29, 0.717) is 0 Å². The van der Waals surface area contributed by atoms with Gasteiger partial charge in [0.2, 0.25) is 0 Å². The molecule has 0 atom stereocenters. The monoisotopic (exact) mass is 232 g/mol. The molecule has 0 bridgehead atoms. The van der Waals surface area contributed by atoms with E-state index in [0.717, 1.165) is 12.1 Å². The summed E-state index contributed by atoms with van der Waals surface area (Å²) in [6.45, 7) is 0. The van der Waals surface area contributed by atoms with E-state index in [9.17, 15) is 13.2 Å². The normalized spacial score (nSPS) is 10.8. The SMILES string of the molecule is Cl.Nc1cc(C(F)(F)F)cc(Cl)n1. The van der Waals surface area contributed by atoms with E-state index in [1.54, 1.807) is 0 Å². The Morgan fingerprint density at radius 1 is 1.31 bits per heavy atom. The highest BCUT2D eigenvalue weighted by molar-refractivity contribution is 6.29.